The van der Waals surface area contributed by atoms with E-state index >= 15 is 0 Å². The molecule has 7 heteroatoms. The Labute approximate surface area is 93.2 Å². The maximum Gasteiger partial charge on any atom is 0.227 e. The molecule has 0 radical (unpaired) electrons. The minimum atomic E-state index is -0.103. The molecule has 1 aromatic rings. The number of rotatable bonds is 3. The van der Waals surface area contributed by atoms with Crippen molar-refractivity contribution in [1.82, 2.24) is 9.97 Å². The normalized spacial score (nSPS) is 9.62. The van der Waals surface area contributed by atoms with Crippen molar-refractivity contribution in [3.63, 3.8) is 0 Å². The van der Waals surface area contributed by atoms with Crippen molar-refractivity contribution in [3.05, 3.63) is 12.5 Å². The van der Waals surface area contributed by atoms with Gasteiger partial charge in [0.1, 0.15) is 12.0 Å². The SMILES string of the molecule is CCC(=O)N(C)c1ncncc1N=C(N)N. The van der Waals surface area contributed by atoms with Crippen molar-refractivity contribution in [2.75, 3.05) is 11.9 Å². The molecule has 0 saturated heterocycles. The fraction of sp³-hybridized carbons (Fsp3) is 0.333. The van der Waals surface area contributed by atoms with Gasteiger partial charge >= 0.3 is 0 Å². The van der Waals surface area contributed by atoms with Gasteiger partial charge in [0.15, 0.2) is 11.8 Å². The lowest BCUT2D eigenvalue weighted by Gasteiger charge is -2.16. The molecule has 0 aliphatic carbocycles. The molecule has 0 aliphatic rings. The van der Waals surface area contributed by atoms with E-state index in [2.05, 4.69) is 15.0 Å². The second-order valence-corrected chi connectivity index (χ2v) is 3.07. The molecule has 7 nitrogen and oxygen atoms in total. The van der Waals surface area contributed by atoms with Gasteiger partial charge in [-0.1, -0.05) is 6.92 Å². The van der Waals surface area contributed by atoms with Crippen LogP contribution in [0.2, 0.25) is 0 Å². The molecule has 0 spiro atoms. The van der Waals surface area contributed by atoms with E-state index in [1.165, 1.54) is 17.4 Å². The van der Waals surface area contributed by atoms with Gasteiger partial charge in [0.25, 0.3) is 0 Å². The van der Waals surface area contributed by atoms with E-state index < -0.39 is 0 Å². The Hall–Kier alpha value is -2.18. The Bertz CT molecular complexity index is 412. The molecule has 1 rings (SSSR count). The van der Waals surface area contributed by atoms with Gasteiger partial charge in [-0.25, -0.2) is 15.0 Å². The topological polar surface area (TPSA) is 110 Å². The summed E-state index contributed by atoms with van der Waals surface area (Å²) in [5, 5.41) is 0. The highest BCUT2D eigenvalue weighted by Crippen LogP contribution is 2.23. The summed E-state index contributed by atoms with van der Waals surface area (Å²) in [5.74, 6) is 0.203. The van der Waals surface area contributed by atoms with Crippen molar-refractivity contribution in [2.45, 2.75) is 13.3 Å². The fourth-order valence-electron chi connectivity index (χ4n) is 1.15. The van der Waals surface area contributed by atoms with Crippen LogP contribution in [0.4, 0.5) is 11.5 Å². The molecule has 0 bridgehead atoms. The maximum atomic E-state index is 11.5. The Kier molecular flexibility index (Phi) is 3.76. The number of aromatic nitrogens is 2. The van der Waals surface area contributed by atoms with E-state index in [1.54, 1.807) is 14.0 Å². The highest BCUT2D eigenvalue weighted by atomic mass is 16.2. The molecule has 0 aromatic carbocycles. The highest BCUT2D eigenvalue weighted by Gasteiger charge is 2.14. The number of carbonyl (C=O) groups is 1. The Balaban J connectivity index is 3.13. The average Bonchev–Trinajstić information content (AvgIpc) is 2.27. The zero-order chi connectivity index (χ0) is 12.1. The van der Waals surface area contributed by atoms with Crippen LogP contribution in [0.3, 0.4) is 0 Å². The molecule has 1 amide bonds. The van der Waals surface area contributed by atoms with E-state index in [0.717, 1.165) is 0 Å². The lowest BCUT2D eigenvalue weighted by molar-refractivity contribution is -0.118. The Morgan fingerprint density at radius 2 is 2.25 bits per heavy atom. The summed E-state index contributed by atoms with van der Waals surface area (Å²) >= 11 is 0. The second-order valence-electron chi connectivity index (χ2n) is 3.07. The van der Waals surface area contributed by atoms with E-state index in [-0.39, 0.29) is 11.9 Å². The van der Waals surface area contributed by atoms with Crippen LogP contribution in [0.25, 0.3) is 0 Å². The minimum Gasteiger partial charge on any atom is -0.370 e. The van der Waals surface area contributed by atoms with Crippen LogP contribution in [0, 0.1) is 0 Å². The first kappa shape index (κ1) is 11.9. The molecular formula is C9H14N6O. The lowest BCUT2D eigenvalue weighted by Crippen LogP contribution is -2.27. The predicted molar refractivity (Wildman–Crippen MR) is 61.2 cm³/mol. The molecule has 86 valence electrons. The Morgan fingerprint density at radius 1 is 1.56 bits per heavy atom. The number of carbonyl (C=O) groups excluding carboxylic acids is 1. The van der Waals surface area contributed by atoms with Crippen LogP contribution in [0.5, 0.6) is 0 Å². The predicted octanol–water partition coefficient (Wildman–Crippen LogP) is -0.246. The summed E-state index contributed by atoms with van der Waals surface area (Å²) in [6.07, 6.45) is 3.16. The van der Waals surface area contributed by atoms with Gasteiger partial charge in [-0.3, -0.25) is 9.69 Å². The number of guanidine groups is 1. The van der Waals surface area contributed by atoms with Gasteiger partial charge in [-0.2, -0.15) is 0 Å². The summed E-state index contributed by atoms with van der Waals surface area (Å²) in [4.78, 5) is 24.5. The number of nitrogens with two attached hydrogens (primary N) is 2. The number of aliphatic imine (C=N–C) groups is 1. The van der Waals surface area contributed by atoms with Gasteiger partial charge in [0.2, 0.25) is 5.91 Å². The third-order valence-electron chi connectivity index (χ3n) is 1.92. The number of anilines is 1. The Morgan fingerprint density at radius 3 is 2.81 bits per heavy atom. The summed E-state index contributed by atoms with van der Waals surface area (Å²) in [6, 6.07) is 0. The zero-order valence-electron chi connectivity index (χ0n) is 9.21. The first-order valence-electron chi connectivity index (χ1n) is 4.72. The van der Waals surface area contributed by atoms with Crippen molar-refractivity contribution in [3.8, 4) is 0 Å². The van der Waals surface area contributed by atoms with Crippen molar-refractivity contribution in [2.24, 2.45) is 16.5 Å². The van der Waals surface area contributed by atoms with Crippen LogP contribution in [0.15, 0.2) is 17.5 Å². The zero-order valence-corrected chi connectivity index (χ0v) is 9.21. The van der Waals surface area contributed by atoms with Gasteiger partial charge in [0.05, 0.1) is 6.20 Å². The van der Waals surface area contributed by atoms with Crippen LogP contribution in [-0.4, -0.2) is 28.9 Å². The number of nitrogens with zero attached hydrogens (tertiary/aromatic N) is 4. The van der Waals surface area contributed by atoms with E-state index in [0.29, 0.717) is 17.9 Å². The van der Waals surface area contributed by atoms with Crippen LogP contribution >= 0.6 is 0 Å². The summed E-state index contributed by atoms with van der Waals surface area (Å²) in [6.45, 7) is 1.76. The third kappa shape index (κ3) is 2.66. The molecule has 0 fully saturated rings. The van der Waals surface area contributed by atoms with Crippen LogP contribution < -0.4 is 16.4 Å². The monoisotopic (exact) mass is 222 g/mol. The molecule has 0 unspecified atom stereocenters. The van der Waals surface area contributed by atoms with E-state index in [4.69, 9.17) is 11.5 Å². The first-order valence-corrected chi connectivity index (χ1v) is 4.72. The van der Waals surface area contributed by atoms with Gasteiger partial charge in [-0.15, -0.1) is 0 Å². The summed E-state index contributed by atoms with van der Waals surface area (Å²) in [7, 11) is 1.61. The fourth-order valence-corrected chi connectivity index (χ4v) is 1.15. The van der Waals surface area contributed by atoms with E-state index in [1.807, 2.05) is 0 Å². The average molecular weight is 222 g/mol. The number of hydrogen-bond acceptors (Lipinski definition) is 4. The largest absolute Gasteiger partial charge is 0.370 e. The van der Waals surface area contributed by atoms with Crippen LogP contribution in [-0.2, 0) is 4.79 Å². The van der Waals surface area contributed by atoms with Gasteiger partial charge in [0, 0.05) is 13.5 Å². The molecule has 0 atom stereocenters. The van der Waals surface area contributed by atoms with Gasteiger partial charge in [-0.05, 0) is 0 Å². The second kappa shape index (κ2) is 5.06. The molecule has 0 aliphatic heterocycles. The maximum absolute atomic E-state index is 11.5. The molecular weight excluding hydrogens is 208 g/mol. The van der Waals surface area contributed by atoms with Crippen molar-refractivity contribution in [1.29, 1.82) is 0 Å². The van der Waals surface area contributed by atoms with Crippen molar-refractivity contribution >= 4 is 23.4 Å². The third-order valence-corrected chi connectivity index (χ3v) is 1.92. The smallest absolute Gasteiger partial charge is 0.227 e. The molecule has 1 heterocycles. The van der Waals surface area contributed by atoms with Gasteiger partial charge < -0.3 is 11.5 Å². The molecule has 0 saturated carbocycles. The minimum absolute atomic E-state index is 0.0780. The lowest BCUT2D eigenvalue weighted by atomic mass is 10.4. The first-order chi connectivity index (χ1) is 7.56. The molecule has 4 N–H and O–H groups in total. The highest BCUT2D eigenvalue weighted by molar-refractivity contribution is 5.94. The van der Waals surface area contributed by atoms with Crippen molar-refractivity contribution < 1.29 is 4.79 Å². The quantitative estimate of drug-likeness (QED) is 0.541. The molecule has 16 heavy (non-hydrogen) atoms. The van der Waals surface area contributed by atoms with Crippen LogP contribution in [0.1, 0.15) is 13.3 Å². The standard InChI is InChI=1S/C9H14N6O/c1-3-7(16)15(2)8-6(14-9(10)11)4-12-5-13-8/h4-5H,3H2,1-2H3,(H4,10,11,14). The number of amides is 1. The molecule has 1 aromatic heterocycles. The summed E-state index contributed by atoms with van der Waals surface area (Å²) < 4.78 is 0. The number of hydrogen-bond donors (Lipinski definition) is 2. The van der Waals surface area contributed by atoms with E-state index in [9.17, 15) is 4.79 Å². The summed E-state index contributed by atoms with van der Waals surface area (Å²) in [5.41, 5.74) is 10.9.